The van der Waals surface area contributed by atoms with Crippen LogP contribution in [0.1, 0.15) is 33.9 Å². The summed E-state index contributed by atoms with van der Waals surface area (Å²) in [6.45, 7) is 0. The molecule has 2 aromatic rings. The van der Waals surface area contributed by atoms with E-state index in [-0.39, 0.29) is 22.7 Å². The molecule has 1 aliphatic rings. The fourth-order valence-corrected chi connectivity index (χ4v) is 3.60. The van der Waals surface area contributed by atoms with Gasteiger partial charge in [0, 0.05) is 5.56 Å². The Morgan fingerprint density at radius 3 is 2.54 bits per heavy atom. The summed E-state index contributed by atoms with van der Waals surface area (Å²) in [5.74, 6) is -0.637. The molecular weight excluding hydrogens is 331 g/mol. The minimum Gasteiger partial charge on any atom is -0.345 e. The molecule has 0 aliphatic heterocycles. The van der Waals surface area contributed by atoms with Gasteiger partial charge in [0.25, 0.3) is 5.91 Å². The largest absolute Gasteiger partial charge is 0.345 e. The van der Waals surface area contributed by atoms with Gasteiger partial charge in [0.15, 0.2) is 0 Å². The molecule has 1 amide bonds. The smallest absolute Gasteiger partial charge is 0.251 e. The second-order valence-corrected chi connectivity index (χ2v) is 7.53. The summed E-state index contributed by atoms with van der Waals surface area (Å²) in [7, 11) is -2.21. The maximum atomic E-state index is 13.4. The first-order valence-electron chi connectivity index (χ1n) is 7.53. The molecule has 1 aliphatic carbocycles. The highest BCUT2D eigenvalue weighted by atomic mass is 32.2. The van der Waals surface area contributed by atoms with Crippen molar-refractivity contribution >= 4 is 15.9 Å². The van der Waals surface area contributed by atoms with Gasteiger partial charge in [-0.15, -0.1) is 0 Å². The van der Waals surface area contributed by atoms with E-state index in [1.807, 2.05) is 0 Å². The number of fused-ring (bicyclic) bond motifs is 1. The maximum absolute atomic E-state index is 13.4. The first-order valence-corrected chi connectivity index (χ1v) is 9.02. The van der Waals surface area contributed by atoms with Crippen LogP contribution in [0, 0.1) is 5.82 Å². The molecule has 5 nitrogen and oxygen atoms in total. The third-order valence-corrected chi connectivity index (χ3v) is 5.62. The van der Waals surface area contributed by atoms with Crippen LogP contribution < -0.4 is 10.0 Å². The van der Waals surface area contributed by atoms with Gasteiger partial charge in [-0.25, -0.2) is 17.5 Å². The fourth-order valence-electron chi connectivity index (χ4n) is 2.87. The molecule has 1 atom stereocenters. The molecule has 0 radical (unpaired) electrons. The summed E-state index contributed by atoms with van der Waals surface area (Å²) in [5.41, 5.74) is 2.20. The van der Waals surface area contributed by atoms with Crippen molar-refractivity contribution in [3.63, 3.8) is 0 Å². The second kappa shape index (κ2) is 6.33. The highest BCUT2D eigenvalue weighted by Gasteiger charge is 2.25. The van der Waals surface area contributed by atoms with Crippen molar-refractivity contribution in [3.8, 4) is 0 Å². The van der Waals surface area contributed by atoms with Crippen LogP contribution >= 0.6 is 0 Å². The van der Waals surface area contributed by atoms with Gasteiger partial charge in [-0.05, 0) is 67.4 Å². The monoisotopic (exact) mass is 348 g/mol. The Morgan fingerprint density at radius 2 is 1.88 bits per heavy atom. The van der Waals surface area contributed by atoms with Crippen molar-refractivity contribution < 1.29 is 17.6 Å². The molecule has 0 heterocycles. The quantitative estimate of drug-likeness (QED) is 0.889. The van der Waals surface area contributed by atoms with E-state index in [0.717, 1.165) is 24.0 Å². The van der Waals surface area contributed by atoms with Crippen molar-refractivity contribution in [2.45, 2.75) is 23.8 Å². The first-order chi connectivity index (χ1) is 11.4. The normalized spacial score (nSPS) is 16.7. The van der Waals surface area contributed by atoms with Gasteiger partial charge in [-0.3, -0.25) is 4.79 Å². The summed E-state index contributed by atoms with van der Waals surface area (Å²) in [6.07, 6.45) is 1.51. The summed E-state index contributed by atoms with van der Waals surface area (Å²) in [5, 5.41) is 2.88. The average Bonchev–Trinajstić information content (AvgIpc) is 2.97. The number of carbonyl (C=O) groups excluding carboxylic acids is 1. The zero-order chi connectivity index (χ0) is 17.3. The Kier molecular flexibility index (Phi) is 4.38. The van der Waals surface area contributed by atoms with Crippen molar-refractivity contribution in [3.05, 3.63) is 65.0 Å². The van der Waals surface area contributed by atoms with Crippen molar-refractivity contribution in [2.24, 2.45) is 0 Å². The lowest BCUT2D eigenvalue weighted by atomic mass is 10.1. The van der Waals surface area contributed by atoms with Gasteiger partial charge < -0.3 is 5.32 Å². The van der Waals surface area contributed by atoms with Crippen molar-refractivity contribution in [2.75, 3.05) is 7.05 Å². The molecule has 24 heavy (non-hydrogen) atoms. The van der Waals surface area contributed by atoms with Crippen LogP contribution in [0.15, 0.2) is 47.4 Å². The lowest BCUT2D eigenvalue weighted by Crippen LogP contribution is -2.27. The van der Waals surface area contributed by atoms with Crippen LogP contribution in [0.5, 0.6) is 0 Å². The molecule has 0 bridgehead atoms. The summed E-state index contributed by atoms with van der Waals surface area (Å²) < 4.78 is 39.0. The summed E-state index contributed by atoms with van der Waals surface area (Å²) in [4.78, 5) is 12.4. The van der Waals surface area contributed by atoms with Crippen LogP contribution in [0.25, 0.3) is 0 Å². The molecule has 0 aromatic heterocycles. The van der Waals surface area contributed by atoms with Gasteiger partial charge in [0.1, 0.15) is 5.82 Å². The minimum absolute atomic E-state index is 0.0924. The number of hydrogen-bond donors (Lipinski definition) is 2. The molecule has 2 N–H and O–H groups in total. The zero-order valence-corrected chi connectivity index (χ0v) is 13.9. The summed E-state index contributed by atoms with van der Waals surface area (Å²) in [6, 6.07) is 10.1. The lowest BCUT2D eigenvalue weighted by molar-refractivity contribution is 0.0936. The second-order valence-electron chi connectivity index (χ2n) is 5.64. The maximum Gasteiger partial charge on any atom is 0.251 e. The van der Waals surface area contributed by atoms with Gasteiger partial charge in [-0.2, -0.15) is 0 Å². The Balaban J connectivity index is 1.76. The topological polar surface area (TPSA) is 75.3 Å². The number of rotatable bonds is 4. The predicted molar refractivity (Wildman–Crippen MR) is 87.6 cm³/mol. The van der Waals surface area contributed by atoms with E-state index in [2.05, 4.69) is 10.0 Å². The number of amides is 1. The van der Waals surface area contributed by atoms with E-state index >= 15 is 0 Å². The fraction of sp³-hybridized carbons (Fsp3) is 0.235. The molecule has 2 aromatic carbocycles. The molecule has 0 saturated carbocycles. The molecule has 0 spiro atoms. The van der Waals surface area contributed by atoms with Crippen molar-refractivity contribution in [1.82, 2.24) is 10.0 Å². The Hall–Kier alpha value is -2.25. The lowest BCUT2D eigenvalue weighted by Gasteiger charge is -2.14. The predicted octanol–water partition coefficient (Wildman–Crippen LogP) is 2.15. The highest BCUT2D eigenvalue weighted by molar-refractivity contribution is 7.89. The molecule has 7 heteroatoms. The molecule has 126 valence electrons. The summed E-state index contributed by atoms with van der Waals surface area (Å²) >= 11 is 0. The molecule has 0 saturated heterocycles. The van der Waals surface area contributed by atoms with Gasteiger partial charge in [0.05, 0.1) is 10.9 Å². The number of hydrogen-bond acceptors (Lipinski definition) is 3. The number of halogens is 1. The zero-order valence-electron chi connectivity index (χ0n) is 13.0. The third-order valence-electron chi connectivity index (χ3n) is 4.19. The van der Waals surface area contributed by atoms with E-state index in [1.165, 1.54) is 43.4 Å². The van der Waals surface area contributed by atoms with E-state index in [0.29, 0.717) is 5.56 Å². The third kappa shape index (κ3) is 3.18. The Bertz CT molecular complexity index is 879. The molecule has 0 fully saturated rings. The number of aryl methyl sites for hydroxylation is 1. The van der Waals surface area contributed by atoms with Crippen LogP contribution in [-0.2, 0) is 16.4 Å². The molecule has 3 rings (SSSR count). The van der Waals surface area contributed by atoms with E-state index < -0.39 is 10.0 Å². The Labute approximate surface area is 139 Å². The minimum atomic E-state index is -3.53. The van der Waals surface area contributed by atoms with Crippen molar-refractivity contribution in [1.29, 1.82) is 0 Å². The van der Waals surface area contributed by atoms with Crippen LogP contribution in [0.2, 0.25) is 0 Å². The number of benzene rings is 2. The van der Waals surface area contributed by atoms with Gasteiger partial charge >= 0.3 is 0 Å². The average molecular weight is 348 g/mol. The Morgan fingerprint density at radius 1 is 1.17 bits per heavy atom. The molecule has 1 unspecified atom stereocenters. The van der Waals surface area contributed by atoms with Crippen LogP contribution in [0.4, 0.5) is 4.39 Å². The van der Waals surface area contributed by atoms with E-state index in [4.69, 9.17) is 0 Å². The standard InChI is InChI=1S/C17H17FN2O3S/c1-19-24(22,23)14-7-3-12(4-8-14)17(21)20-16-9-5-11-2-6-13(18)10-15(11)16/h2-4,6-8,10,16,19H,5,9H2,1H3,(H,20,21). The first kappa shape index (κ1) is 16.6. The SMILES string of the molecule is CNS(=O)(=O)c1ccc(C(=O)NC2CCc3ccc(F)cc32)cc1. The van der Waals surface area contributed by atoms with E-state index in [1.54, 1.807) is 6.07 Å². The van der Waals surface area contributed by atoms with E-state index in [9.17, 15) is 17.6 Å². The number of carbonyl (C=O) groups is 1. The number of sulfonamides is 1. The molecular formula is C17H17FN2O3S. The van der Waals surface area contributed by atoms with Gasteiger partial charge in [0.2, 0.25) is 10.0 Å². The van der Waals surface area contributed by atoms with Gasteiger partial charge in [-0.1, -0.05) is 6.07 Å². The van der Waals surface area contributed by atoms with Crippen LogP contribution in [-0.4, -0.2) is 21.4 Å². The van der Waals surface area contributed by atoms with Crippen LogP contribution in [0.3, 0.4) is 0 Å². The highest BCUT2D eigenvalue weighted by Crippen LogP contribution is 2.31. The number of nitrogens with one attached hydrogen (secondary N) is 2.